The zero-order chi connectivity index (χ0) is 25.4. The fourth-order valence-corrected chi connectivity index (χ4v) is 5.71. The van der Waals surface area contributed by atoms with Crippen molar-refractivity contribution in [2.45, 2.75) is 19.9 Å². The van der Waals surface area contributed by atoms with Crippen LogP contribution in [-0.2, 0) is 9.53 Å². The number of halogens is 2. The normalized spacial score (nSPS) is 15.6. The van der Waals surface area contributed by atoms with Crippen molar-refractivity contribution in [3.8, 4) is 11.3 Å². The number of nitrogens with zero attached hydrogens (tertiary/aromatic N) is 2. The number of hydrogen-bond acceptors (Lipinski definition) is 6. The molecule has 0 saturated heterocycles. The Morgan fingerprint density at radius 2 is 1.86 bits per heavy atom. The molecule has 0 unspecified atom stereocenters. The Bertz CT molecular complexity index is 1660. The zero-order valence-corrected chi connectivity index (χ0v) is 21.7. The lowest BCUT2D eigenvalue weighted by atomic mass is 9.96. The van der Waals surface area contributed by atoms with E-state index in [1.54, 1.807) is 54.8 Å². The number of thiazole rings is 1. The summed E-state index contributed by atoms with van der Waals surface area (Å²) in [5.41, 5.74) is 2.12. The highest BCUT2D eigenvalue weighted by Gasteiger charge is 2.33. The number of carbonyl (C=O) groups excluding carboxylic acids is 1. The van der Waals surface area contributed by atoms with Crippen molar-refractivity contribution in [2.24, 2.45) is 4.99 Å². The van der Waals surface area contributed by atoms with Crippen molar-refractivity contribution in [2.75, 3.05) is 6.61 Å². The van der Waals surface area contributed by atoms with Gasteiger partial charge < -0.3 is 9.15 Å². The average molecular weight is 539 g/mol. The molecule has 3 heterocycles. The summed E-state index contributed by atoms with van der Waals surface area (Å²) in [6.07, 6.45) is 1.67. The second-order valence-corrected chi connectivity index (χ2v) is 9.96. The van der Waals surface area contributed by atoms with Gasteiger partial charge in [0.25, 0.3) is 5.56 Å². The Kier molecular flexibility index (Phi) is 6.71. The van der Waals surface area contributed by atoms with Crippen LogP contribution in [0.15, 0.2) is 86.1 Å². The molecule has 0 saturated carbocycles. The first-order valence-corrected chi connectivity index (χ1v) is 12.7. The summed E-state index contributed by atoms with van der Waals surface area (Å²) in [6.45, 7) is 3.73. The molecule has 0 aliphatic carbocycles. The molecular weight excluding hydrogens is 519 g/mol. The molecule has 0 N–H and O–H groups in total. The van der Waals surface area contributed by atoms with Crippen LogP contribution in [0.2, 0.25) is 10.0 Å². The van der Waals surface area contributed by atoms with Crippen LogP contribution in [0.5, 0.6) is 0 Å². The Morgan fingerprint density at radius 1 is 1.14 bits per heavy atom. The molecule has 2 aromatic heterocycles. The van der Waals surface area contributed by atoms with E-state index in [0.717, 1.165) is 11.1 Å². The van der Waals surface area contributed by atoms with E-state index in [-0.39, 0.29) is 12.2 Å². The number of furan rings is 1. The number of ether oxygens (including phenoxy) is 1. The van der Waals surface area contributed by atoms with Crippen molar-refractivity contribution in [1.82, 2.24) is 4.57 Å². The number of allylic oxidation sites excluding steroid dienone is 1. The summed E-state index contributed by atoms with van der Waals surface area (Å²) in [4.78, 5) is 31.6. The third kappa shape index (κ3) is 4.57. The lowest BCUT2D eigenvalue weighted by Crippen LogP contribution is -2.39. The number of rotatable bonds is 5. The lowest BCUT2D eigenvalue weighted by molar-refractivity contribution is -0.139. The molecule has 1 aliphatic heterocycles. The molecule has 6 nitrogen and oxygen atoms in total. The maximum atomic E-state index is 13.6. The van der Waals surface area contributed by atoms with Gasteiger partial charge in [-0.15, -0.1) is 0 Å². The van der Waals surface area contributed by atoms with Crippen LogP contribution >= 0.6 is 34.5 Å². The van der Waals surface area contributed by atoms with Gasteiger partial charge in [0.1, 0.15) is 11.5 Å². The van der Waals surface area contributed by atoms with E-state index in [0.29, 0.717) is 42.2 Å². The van der Waals surface area contributed by atoms with Crippen molar-refractivity contribution < 1.29 is 13.9 Å². The van der Waals surface area contributed by atoms with E-state index in [1.165, 1.54) is 11.3 Å². The largest absolute Gasteiger partial charge is 0.463 e. The summed E-state index contributed by atoms with van der Waals surface area (Å²) in [5.74, 6) is 0.572. The maximum Gasteiger partial charge on any atom is 0.338 e. The summed E-state index contributed by atoms with van der Waals surface area (Å²) in [7, 11) is 0. The molecule has 1 atom stereocenters. The molecule has 0 amide bonds. The van der Waals surface area contributed by atoms with Gasteiger partial charge in [0.05, 0.1) is 28.5 Å². The van der Waals surface area contributed by atoms with Crippen LogP contribution in [-0.4, -0.2) is 17.1 Å². The fourth-order valence-electron chi connectivity index (χ4n) is 4.15. The van der Waals surface area contributed by atoms with Gasteiger partial charge in [-0.05, 0) is 49.7 Å². The van der Waals surface area contributed by atoms with Crippen LogP contribution in [0.4, 0.5) is 0 Å². The van der Waals surface area contributed by atoms with Crippen LogP contribution in [0.25, 0.3) is 17.4 Å². The second-order valence-electron chi connectivity index (χ2n) is 8.07. The summed E-state index contributed by atoms with van der Waals surface area (Å²) >= 11 is 13.5. The molecule has 0 spiro atoms. The van der Waals surface area contributed by atoms with Gasteiger partial charge in [0, 0.05) is 21.7 Å². The standard InChI is InChI=1S/C27H20Cl2N2O4S/c1-3-34-26(33)23-15(2)30-27-31(24(23)16-7-5-4-6-8-16)25(32)22(36-27)14-20-9-10-21(35-20)17-11-18(28)13-19(29)12-17/h4-14,24H,3H2,1-2H3/b22-14-/t24-/m1/s1. The molecule has 4 aromatic rings. The number of benzene rings is 2. The first kappa shape index (κ1) is 24.3. The summed E-state index contributed by atoms with van der Waals surface area (Å²) in [6, 6.07) is 17.5. The highest BCUT2D eigenvalue weighted by atomic mass is 35.5. The van der Waals surface area contributed by atoms with Gasteiger partial charge in [0.15, 0.2) is 4.80 Å². The number of carbonyl (C=O) groups is 1. The van der Waals surface area contributed by atoms with E-state index in [9.17, 15) is 9.59 Å². The molecule has 0 bridgehead atoms. The van der Waals surface area contributed by atoms with Crippen LogP contribution in [0.1, 0.15) is 31.2 Å². The van der Waals surface area contributed by atoms with Crippen molar-refractivity contribution in [3.05, 3.63) is 113 Å². The van der Waals surface area contributed by atoms with Crippen molar-refractivity contribution >= 4 is 46.6 Å². The number of hydrogen-bond donors (Lipinski definition) is 0. The van der Waals surface area contributed by atoms with Gasteiger partial charge in [-0.1, -0.05) is 64.9 Å². The van der Waals surface area contributed by atoms with Gasteiger partial charge in [-0.3, -0.25) is 9.36 Å². The number of fused-ring (bicyclic) bond motifs is 1. The van der Waals surface area contributed by atoms with E-state index >= 15 is 0 Å². The third-order valence-electron chi connectivity index (χ3n) is 5.68. The molecule has 0 fully saturated rings. The summed E-state index contributed by atoms with van der Waals surface area (Å²) in [5, 5.41) is 0.995. The van der Waals surface area contributed by atoms with Crippen molar-refractivity contribution in [1.29, 1.82) is 0 Å². The quantitative estimate of drug-likeness (QED) is 0.320. The topological polar surface area (TPSA) is 73.8 Å². The molecule has 36 heavy (non-hydrogen) atoms. The minimum atomic E-state index is -0.649. The summed E-state index contributed by atoms with van der Waals surface area (Å²) < 4.78 is 13.3. The maximum absolute atomic E-state index is 13.6. The Morgan fingerprint density at radius 3 is 2.56 bits per heavy atom. The second kappa shape index (κ2) is 9.93. The zero-order valence-electron chi connectivity index (χ0n) is 19.3. The predicted molar refractivity (Wildman–Crippen MR) is 141 cm³/mol. The molecule has 9 heteroatoms. The van der Waals surface area contributed by atoms with Gasteiger partial charge in [-0.2, -0.15) is 0 Å². The SMILES string of the molecule is CCOC(=O)C1=C(C)N=c2s/c(=C\c3ccc(-c4cc(Cl)cc(Cl)c4)o3)c(=O)n2[C@@H]1c1ccccc1. The van der Waals surface area contributed by atoms with Gasteiger partial charge >= 0.3 is 5.97 Å². The van der Waals surface area contributed by atoms with Gasteiger partial charge in [0.2, 0.25) is 0 Å². The molecule has 1 aliphatic rings. The van der Waals surface area contributed by atoms with Crippen LogP contribution in [0, 0.1) is 0 Å². The lowest BCUT2D eigenvalue weighted by Gasteiger charge is -2.24. The Balaban J connectivity index is 1.63. The van der Waals surface area contributed by atoms with Crippen molar-refractivity contribution in [3.63, 3.8) is 0 Å². The molecule has 2 aromatic carbocycles. The minimum Gasteiger partial charge on any atom is -0.463 e. The fraction of sp³-hybridized carbons (Fsp3) is 0.148. The van der Waals surface area contributed by atoms with Crippen LogP contribution in [0.3, 0.4) is 0 Å². The van der Waals surface area contributed by atoms with E-state index in [1.807, 2.05) is 30.3 Å². The van der Waals surface area contributed by atoms with E-state index < -0.39 is 12.0 Å². The molecule has 5 rings (SSSR count). The third-order valence-corrected chi connectivity index (χ3v) is 7.10. The number of esters is 1. The molecular formula is C27H20Cl2N2O4S. The number of aromatic nitrogens is 1. The monoisotopic (exact) mass is 538 g/mol. The van der Waals surface area contributed by atoms with Gasteiger partial charge in [-0.25, -0.2) is 9.79 Å². The minimum absolute atomic E-state index is 0.222. The van der Waals surface area contributed by atoms with E-state index in [4.69, 9.17) is 32.4 Å². The predicted octanol–water partition coefficient (Wildman–Crippen LogP) is 5.37. The molecule has 182 valence electrons. The molecule has 0 radical (unpaired) electrons. The Hall–Kier alpha value is -3.39. The first-order valence-electron chi connectivity index (χ1n) is 11.2. The smallest absolute Gasteiger partial charge is 0.338 e. The first-order chi connectivity index (χ1) is 17.4. The average Bonchev–Trinajstić information content (AvgIpc) is 3.43. The van der Waals surface area contributed by atoms with E-state index in [2.05, 4.69) is 4.99 Å². The Labute approximate surface area is 220 Å². The highest BCUT2D eigenvalue weighted by molar-refractivity contribution is 7.07. The highest BCUT2D eigenvalue weighted by Crippen LogP contribution is 2.31. The van der Waals surface area contributed by atoms with Crippen LogP contribution < -0.4 is 14.9 Å².